The molecule has 2 aromatic heterocycles. The lowest BCUT2D eigenvalue weighted by Gasteiger charge is -2.33. The molecule has 0 unspecified atom stereocenters. The number of nitrogens with zero attached hydrogens (tertiary/aromatic N) is 5. The molecule has 0 saturated carbocycles. The van der Waals surface area contributed by atoms with E-state index in [2.05, 4.69) is 54.9 Å². The number of carbonyl (C=O) groups excluding carboxylic acids is 1. The van der Waals surface area contributed by atoms with Gasteiger partial charge in [-0.1, -0.05) is 43.3 Å². The van der Waals surface area contributed by atoms with Crippen molar-refractivity contribution in [1.82, 2.24) is 24.8 Å². The standard InChI is InChI=1S/C30H41N5O3/c1-7-35-24-19-30(5,6)15-12-23(24)25(32-35)27-31-26(33-38-27)22-10-8-20(9-11-22)18-21-13-16-34(17-14-21)28(36)37-29(2,3)4/h8-11,21H,7,12-19H2,1-6H3. The number of likely N-dealkylation sites (tertiary alicyclic amines) is 1. The van der Waals surface area contributed by atoms with Gasteiger partial charge in [0.1, 0.15) is 5.60 Å². The molecule has 8 nitrogen and oxygen atoms in total. The molecule has 5 rings (SSSR count). The molecule has 0 bridgehead atoms. The molecular weight excluding hydrogens is 478 g/mol. The van der Waals surface area contributed by atoms with E-state index in [-0.39, 0.29) is 11.5 Å². The minimum Gasteiger partial charge on any atom is -0.444 e. The van der Waals surface area contributed by atoms with E-state index in [0.29, 0.717) is 17.6 Å². The number of fused-ring (bicyclic) bond motifs is 1. The first kappa shape index (κ1) is 26.4. The van der Waals surface area contributed by atoms with Gasteiger partial charge in [-0.05, 0) is 83.1 Å². The van der Waals surface area contributed by atoms with Crippen molar-refractivity contribution in [3.05, 3.63) is 41.1 Å². The first-order chi connectivity index (χ1) is 18.0. The molecule has 2 aliphatic rings. The van der Waals surface area contributed by atoms with Crippen molar-refractivity contribution in [1.29, 1.82) is 0 Å². The van der Waals surface area contributed by atoms with Gasteiger partial charge < -0.3 is 14.2 Å². The summed E-state index contributed by atoms with van der Waals surface area (Å²) in [5, 5.41) is 9.14. The molecule has 38 heavy (non-hydrogen) atoms. The number of piperidine rings is 1. The van der Waals surface area contributed by atoms with Crippen LogP contribution in [0.3, 0.4) is 0 Å². The number of hydrogen-bond donors (Lipinski definition) is 0. The van der Waals surface area contributed by atoms with Crippen LogP contribution in [-0.4, -0.2) is 49.6 Å². The maximum atomic E-state index is 12.3. The van der Waals surface area contributed by atoms with Crippen LogP contribution in [0.15, 0.2) is 28.8 Å². The Balaban J connectivity index is 1.22. The molecule has 1 aliphatic heterocycles. The lowest BCUT2D eigenvalue weighted by molar-refractivity contribution is 0.0184. The van der Waals surface area contributed by atoms with E-state index in [1.54, 1.807) is 0 Å². The summed E-state index contributed by atoms with van der Waals surface area (Å²) in [4.78, 5) is 18.9. The molecule has 0 atom stereocenters. The summed E-state index contributed by atoms with van der Waals surface area (Å²) in [5.74, 6) is 1.65. The molecular formula is C30H41N5O3. The number of aryl methyl sites for hydroxylation is 1. The van der Waals surface area contributed by atoms with E-state index in [9.17, 15) is 4.79 Å². The Morgan fingerprint density at radius 2 is 1.87 bits per heavy atom. The Kier molecular flexibility index (Phi) is 7.09. The summed E-state index contributed by atoms with van der Waals surface area (Å²) in [6, 6.07) is 8.45. The Bertz CT molecular complexity index is 1270. The molecule has 0 spiro atoms. The summed E-state index contributed by atoms with van der Waals surface area (Å²) in [7, 11) is 0. The normalized spacial score (nSPS) is 17.9. The molecule has 3 heterocycles. The average molecular weight is 520 g/mol. The molecule has 0 radical (unpaired) electrons. The van der Waals surface area contributed by atoms with Gasteiger partial charge in [0.2, 0.25) is 5.82 Å². The number of hydrogen-bond acceptors (Lipinski definition) is 6. The van der Waals surface area contributed by atoms with E-state index in [1.165, 1.54) is 16.8 Å². The van der Waals surface area contributed by atoms with Gasteiger partial charge in [-0.25, -0.2) is 4.79 Å². The predicted octanol–water partition coefficient (Wildman–Crippen LogP) is 6.32. The van der Waals surface area contributed by atoms with Crippen molar-refractivity contribution in [3.8, 4) is 23.0 Å². The van der Waals surface area contributed by atoms with E-state index in [4.69, 9.17) is 19.3 Å². The van der Waals surface area contributed by atoms with E-state index in [0.717, 1.165) is 69.4 Å². The van der Waals surface area contributed by atoms with Crippen LogP contribution in [-0.2, 0) is 30.5 Å². The highest BCUT2D eigenvalue weighted by atomic mass is 16.6. The minimum atomic E-state index is -0.456. The van der Waals surface area contributed by atoms with Crippen molar-refractivity contribution >= 4 is 6.09 Å². The molecule has 0 N–H and O–H groups in total. The van der Waals surface area contributed by atoms with Crippen LogP contribution in [0.2, 0.25) is 0 Å². The molecule has 1 aliphatic carbocycles. The Hall–Kier alpha value is -3.16. The van der Waals surface area contributed by atoms with E-state index in [1.807, 2.05) is 25.7 Å². The number of ether oxygens (including phenoxy) is 1. The second kappa shape index (κ2) is 10.2. The smallest absolute Gasteiger partial charge is 0.410 e. The number of aromatic nitrogens is 4. The maximum Gasteiger partial charge on any atom is 0.410 e. The molecule has 1 fully saturated rings. The van der Waals surface area contributed by atoms with Gasteiger partial charge in [-0.15, -0.1) is 0 Å². The highest BCUT2D eigenvalue weighted by Gasteiger charge is 2.33. The van der Waals surface area contributed by atoms with Crippen molar-refractivity contribution in [2.24, 2.45) is 11.3 Å². The number of rotatable bonds is 5. The summed E-state index contributed by atoms with van der Waals surface area (Å²) in [5.41, 5.74) is 5.45. The zero-order valence-electron chi connectivity index (χ0n) is 23.7. The summed E-state index contributed by atoms with van der Waals surface area (Å²) >= 11 is 0. The monoisotopic (exact) mass is 519 g/mol. The lowest BCUT2D eigenvalue weighted by atomic mass is 9.76. The molecule has 8 heteroatoms. The van der Waals surface area contributed by atoms with Crippen LogP contribution < -0.4 is 0 Å². The van der Waals surface area contributed by atoms with Gasteiger partial charge in [0.15, 0.2) is 5.69 Å². The van der Waals surface area contributed by atoms with E-state index < -0.39 is 5.60 Å². The van der Waals surface area contributed by atoms with Gasteiger partial charge in [0.25, 0.3) is 5.89 Å². The lowest BCUT2D eigenvalue weighted by Crippen LogP contribution is -2.42. The molecule has 3 aromatic rings. The quantitative estimate of drug-likeness (QED) is 0.392. The highest BCUT2D eigenvalue weighted by Crippen LogP contribution is 2.39. The van der Waals surface area contributed by atoms with Crippen molar-refractivity contribution < 1.29 is 14.1 Å². The number of amides is 1. The fraction of sp³-hybridized carbons (Fsp3) is 0.600. The van der Waals surface area contributed by atoms with Crippen LogP contribution >= 0.6 is 0 Å². The van der Waals surface area contributed by atoms with Gasteiger partial charge in [-0.2, -0.15) is 10.1 Å². The average Bonchev–Trinajstić information content (AvgIpc) is 3.48. The Morgan fingerprint density at radius 1 is 1.16 bits per heavy atom. The number of benzene rings is 1. The Morgan fingerprint density at radius 3 is 2.53 bits per heavy atom. The summed E-state index contributed by atoms with van der Waals surface area (Å²) < 4.78 is 13.3. The number of carbonyl (C=O) groups is 1. The summed E-state index contributed by atoms with van der Waals surface area (Å²) in [6.45, 7) is 14.8. The zero-order chi connectivity index (χ0) is 27.1. The summed E-state index contributed by atoms with van der Waals surface area (Å²) in [6.07, 6.45) is 5.90. The zero-order valence-corrected chi connectivity index (χ0v) is 23.7. The third kappa shape index (κ3) is 5.79. The highest BCUT2D eigenvalue weighted by molar-refractivity contribution is 5.68. The fourth-order valence-corrected chi connectivity index (χ4v) is 5.64. The van der Waals surface area contributed by atoms with Crippen LogP contribution in [0.1, 0.15) is 77.6 Å². The third-order valence-electron chi connectivity index (χ3n) is 7.80. The van der Waals surface area contributed by atoms with Crippen LogP contribution in [0.4, 0.5) is 4.79 Å². The molecule has 1 saturated heterocycles. The van der Waals surface area contributed by atoms with Gasteiger partial charge in [0, 0.05) is 36.5 Å². The maximum absolute atomic E-state index is 12.3. The molecule has 204 valence electrons. The predicted molar refractivity (Wildman–Crippen MR) is 147 cm³/mol. The van der Waals surface area contributed by atoms with Crippen molar-refractivity contribution in [3.63, 3.8) is 0 Å². The Labute approximate surface area is 225 Å². The van der Waals surface area contributed by atoms with Gasteiger partial charge >= 0.3 is 6.09 Å². The minimum absolute atomic E-state index is 0.203. The van der Waals surface area contributed by atoms with Gasteiger partial charge in [-0.3, -0.25) is 4.68 Å². The second-order valence-corrected chi connectivity index (χ2v) is 12.7. The van der Waals surface area contributed by atoms with Crippen LogP contribution in [0, 0.1) is 11.3 Å². The van der Waals surface area contributed by atoms with E-state index >= 15 is 0 Å². The third-order valence-corrected chi connectivity index (χ3v) is 7.80. The molecule has 1 amide bonds. The second-order valence-electron chi connectivity index (χ2n) is 12.7. The van der Waals surface area contributed by atoms with Gasteiger partial charge in [0.05, 0.1) is 0 Å². The first-order valence-electron chi connectivity index (χ1n) is 14.0. The fourth-order valence-electron chi connectivity index (χ4n) is 5.64. The molecule has 1 aromatic carbocycles. The first-order valence-corrected chi connectivity index (χ1v) is 14.0. The van der Waals surface area contributed by atoms with Crippen LogP contribution in [0.5, 0.6) is 0 Å². The van der Waals surface area contributed by atoms with Crippen molar-refractivity contribution in [2.75, 3.05) is 13.1 Å². The largest absolute Gasteiger partial charge is 0.444 e. The SMILES string of the molecule is CCn1nc(-c2nc(-c3ccc(CC4CCN(C(=O)OC(C)(C)C)CC4)cc3)no2)c2c1CC(C)(C)CC2. The van der Waals surface area contributed by atoms with Crippen molar-refractivity contribution in [2.45, 2.75) is 92.2 Å². The topological polar surface area (TPSA) is 86.3 Å². The van der Waals surface area contributed by atoms with Crippen LogP contribution in [0.25, 0.3) is 23.0 Å².